The van der Waals surface area contributed by atoms with Crippen LogP contribution < -0.4 is 21.4 Å². The van der Waals surface area contributed by atoms with Gasteiger partial charge in [-0.1, -0.05) is 95.3 Å². The maximum absolute atomic E-state index is 14.0. The predicted molar refractivity (Wildman–Crippen MR) is 144 cm³/mol. The second-order valence-electron chi connectivity index (χ2n) is 10.5. The van der Waals surface area contributed by atoms with Crippen molar-refractivity contribution in [2.75, 3.05) is 19.7 Å². The minimum absolute atomic E-state index is 0.0527. The van der Waals surface area contributed by atoms with E-state index in [1.165, 1.54) is 0 Å². The van der Waals surface area contributed by atoms with Crippen molar-refractivity contribution in [3.63, 3.8) is 0 Å². The first-order valence-electron chi connectivity index (χ1n) is 12.6. The molecule has 0 heterocycles. The number of amides is 1. The molecule has 0 fully saturated rings. The van der Waals surface area contributed by atoms with Gasteiger partial charge in [0, 0.05) is 13.1 Å². The number of benzene rings is 2. The molecule has 3 N–H and O–H groups in total. The topological polar surface area (TPSA) is 73.6 Å². The zero-order valence-corrected chi connectivity index (χ0v) is 22.9. The monoisotopic (exact) mass is 502 g/mol. The molecule has 2 rings (SSSR count). The summed E-state index contributed by atoms with van der Waals surface area (Å²) >= 11 is 0. The van der Waals surface area contributed by atoms with Crippen LogP contribution in [-0.4, -0.2) is 46.4 Å². The fraction of sp³-hybridized carbons (Fsp3) is 0.536. The number of alkyl halides is 1. The van der Waals surface area contributed by atoms with Crippen molar-refractivity contribution in [3.05, 3.63) is 60.7 Å². The largest absolute Gasteiger partial charge is 0.444 e. The van der Waals surface area contributed by atoms with E-state index in [-0.39, 0.29) is 24.6 Å². The fourth-order valence-electron chi connectivity index (χ4n) is 4.30. The summed E-state index contributed by atoms with van der Waals surface area (Å²) < 4.78 is 26.7. The Balaban J connectivity index is 2.33. The van der Waals surface area contributed by atoms with Gasteiger partial charge >= 0.3 is 6.09 Å². The zero-order valence-electron chi connectivity index (χ0n) is 21.9. The number of carbonyl (C=O) groups excluding carboxylic acids is 1. The summed E-state index contributed by atoms with van der Waals surface area (Å²) in [7, 11) is -2.80. The van der Waals surface area contributed by atoms with E-state index in [1.54, 1.807) is 0 Å². The standard InChI is InChI=1S/C28H43FN2O3Si/c1-22(2)18-19-31-27(32)34-24(17-16-23(29)20-30)21-33-35(28(3,4)5,25-12-8-6-9-13-25)26-14-10-7-11-15-26/h6-15,22-24H,16-21,30H2,1-5H3,(H,31,32). The van der Waals surface area contributed by atoms with Gasteiger partial charge in [0.15, 0.2) is 0 Å². The lowest BCUT2D eigenvalue weighted by Crippen LogP contribution is -2.67. The maximum atomic E-state index is 14.0. The van der Waals surface area contributed by atoms with Crippen molar-refractivity contribution in [3.8, 4) is 0 Å². The highest BCUT2D eigenvalue weighted by atomic mass is 28.4. The van der Waals surface area contributed by atoms with Gasteiger partial charge in [0.1, 0.15) is 12.3 Å². The highest BCUT2D eigenvalue weighted by molar-refractivity contribution is 6.99. The van der Waals surface area contributed by atoms with E-state index in [2.05, 4.69) is 64.2 Å². The number of hydrogen-bond acceptors (Lipinski definition) is 4. The van der Waals surface area contributed by atoms with Gasteiger partial charge in [-0.25, -0.2) is 9.18 Å². The molecule has 0 radical (unpaired) electrons. The van der Waals surface area contributed by atoms with Crippen molar-refractivity contribution >= 4 is 24.8 Å². The van der Waals surface area contributed by atoms with E-state index < -0.39 is 26.7 Å². The predicted octanol–water partition coefficient (Wildman–Crippen LogP) is 4.78. The van der Waals surface area contributed by atoms with Crippen LogP contribution in [0.5, 0.6) is 0 Å². The van der Waals surface area contributed by atoms with Gasteiger partial charge in [-0.15, -0.1) is 0 Å². The molecule has 2 aromatic rings. The molecule has 2 unspecified atom stereocenters. The van der Waals surface area contributed by atoms with Crippen molar-refractivity contribution in [2.45, 2.75) is 71.2 Å². The Kier molecular flexibility index (Phi) is 11.4. The third kappa shape index (κ3) is 8.44. The van der Waals surface area contributed by atoms with Crippen LogP contribution in [0.3, 0.4) is 0 Å². The first-order chi connectivity index (χ1) is 16.6. The fourth-order valence-corrected chi connectivity index (χ4v) is 8.89. The summed E-state index contributed by atoms with van der Waals surface area (Å²) in [6.45, 7) is 11.4. The first kappa shape index (κ1) is 29.0. The summed E-state index contributed by atoms with van der Waals surface area (Å²) in [6, 6.07) is 20.6. The smallest absolute Gasteiger partial charge is 0.407 e. The van der Waals surface area contributed by atoms with Crippen LogP contribution in [0.2, 0.25) is 5.04 Å². The molecule has 0 aromatic heterocycles. The highest BCUT2D eigenvalue weighted by Gasteiger charge is 2.50. The molecular formula is C28H43FN2O3Si. The van der Waals surface area contributed by atoms with Crippen LogP contribution in [0.4, 0.5) is 9.18 Å². The Morgan fingerprint density at radius 1 is 0.971 bits per heavy atom. The number of ether oxygens (including phenoxy) is 1. The van der Waals surface area contributed by atoms with Crippen LogP contribution in [0.15, 0.2) is 60.7 Å². The number of hydrogen-bond donors (Lipinski definition) is 2. The van der Waals surface area contributed by atoms with E-state index in [0.29, 0.717) is 18.9 Å². The highest BCUT2D eigenvalue weighted by Crippen LogP contribution is 2.37. The molecule has 0 aliphatic heterocycles. The molecule has 0 bridgehead atoms. The molecule has 194 valence electrons. The summed E-state index contributed by atoms with van der Waals surface area (Å²) in [5, 5.41) is 4.89. The minimum atomic E-state index is -2.80. The number of rotatable bonds is 13. The number of nitrogens with one attached hydrogen (secondary N) is 1. The van der Waals surface area contributed by atoms with Gasteiger partial charge in [-0.2, -0.15) is 0 Å². The van der Waals surface area contributed by atoms with Crippen LogP contribution in [0.1, 0.15) is 53.9 Å². The summed E-state index contributed by atoms with van der Waals surface area (Å²) in [4.78, 5) is 12.5. The quantitative estimate of drug-likeness (QED) is 0.387. The minimum Gasteiger partial charge on any atom is -0.444 e. The van der Waals surface area contributed by atoms with Crippen LogP contribution in [0.25, 0.3) is 0 Å². The Morgan fingerprint density at radius 2 is 1.51 bits per heavy atom. The lowest BCUT2D eigenvalue weighted by Gasteiger charge is -2.43. The van der Waals surface area contributed by atoms with E-state index in [4.69, 9.17) is 14.9 Å². The van der Waals surface area contributed by atoms with Gasteiger partial charge in [-0.05, 0) is 40.6 Å². The molecule has 1 amide bonds. The number of carbonyl (C=O) groups is 1. The molecule has 2 atom stereocenters. The molecule has 0 spiro atoms. The second-order valence-corrected chi connectivity index (χ2v) is 14.8. The molecule has 0 saturated carbocycles. The van der Waals surface area contributed by atoms with E-state index in [1.807, 2.05) is 36.4 Å². The summed E-state index contributed by atoms with van der Waals surface area (Å²) in [5.41, 5.74) is 5.49. The van der Waals surface area contributed by atoms with Crippen LogP contribution in [0, 0.1) is 5.92 Å². The van der Waals surface area contributed by atoms with Crippen molar-refractivity contribution < 1.29 is 18.3 Å². The Bertz CT molecular complexity index is 835. The number of alkyl carbamates (subject to hydrolysis) is 1. The molecule has 5 nitrogen and oxygen atoms in total. The van der Waals surface area contributed by atoms with E-state index in [0.717, 1.165) is 16.8 Å². The van der Waals surface area contributed by atoms with Crippen LogP contribution >= 0.6 is 0 Å². The molecule has 0 saturated heterocycles. The summed E-state index contributed by atoms with van der Waals surface area (Å²) in [6.07, 6.45) is -0.806. The SMILES string of the molecule is CC(C)CCNC(=O)OC(CCC(F)CN)CO[Si](c1ccccc1)(c1ccccc1)C(C)(C)C. The zero-order chi connectivity index (χ0) is 25.9. The van der Waals surface area contributed by atoms with E-state index in [9.17, 15) is 9.18 Å². The van der Waals surface area contributed by atoms with Gasteiger partial charge in [0.05, 0.1) is 6.61 Å². The molecular weight excluding hydrogens is 459 g/mol. The van der Waals surface area contributed by atoms with Crippen molar-refractivity contribution in [1.82, 2.24) is 5.32 Å². The number of nitrogens with two attached hydrogens (primary N) is 1. The lowest BCUT2D eigenvalue weighted by molar-refractivity contribution is 0.0521. The van der Waals surface area contributed by atoms with Gasteiger partial charge in [0.2, 0.25) is 0 Å². The van der Waals surface area contributed by atoms with Gasteiger partial charge in [-0.3, -0.25) is 0 Å². The third-order valence-corrected chi connectivity index (χ3v) is 11.2. The van der Waals surface area contributed by atoms with Crippen molar-refractivity contribution in [1.29, 1.82) is 0 Å². The Morgan fingerprint density at radius 3 is 1.97 bits per heavy atom. The summed E-state index contributed by atoms with van der Waals surface area (Å²) in [5.74, 6) is 0.474. The first-order valence-corrected chi connectivity index (χ1v) is 14.5. The molecule has 35 heavy (non-hydrogen) atoms. The molecule has 0 aliphatic carbocycles. The average Bonchev–Trinajstić information content (AvgIpc) is 2.82. The molecule has 2 aromatic carbocycles. The average molecular weight is 503 g/mol. The third-order valence-electron chi connectivity index (χ3n) is 6.22. The number of halogens is 1. The molecule has 7 heteroatoms. The van der Waals surface area contributed by atoms with Gasteiger partial charge < -0.3 is 20.2 Å². The van der Waals surface area contributed by atoms with Crippen LogP contribution in [-0.2, 0) is 9.16 Å². The maximum Gasteiger partial charge on any atom is 0.407 e. The van der Waals surface area contributed by atoms with E-state index >= 15 is 0 Å². The lowest BCUT2D eigenvalue weighted by atomic mass is 10.1. The van der Waals surface area contributed by atoms with Gasteiger partial charge in [0.25, 0.3) is 8.32 Å². The Hall–Kier alpha value is -2.22. The normalized spacial score (nSPS) is 13.9. The van der Waals surface area contributed by atoms with Crippen molar-refractivity contribution in [2.24, 2.45) is 11.7 Å². The molecule has 0 aliphatic rings. The second kappa shape index (κ2) is 13.8. The Labute approximate surface area is 211 Å².